The Morgan fingerprint density at radius 2 is 2.11 bits per heavy atom. The van der Waals surface area contributed by atoms with Crippen LogP contribution in [-0.2, 0) is 11.3 Å². The SMILES string of the molecule is Cc1nccn1CCNC(=O)CN1CCN(c2ccc3c(c2)OCO3)C1=O. The zero-order chi connectivity index (χ0) is 18.8. The minimum Gasteiger partial charge on any atom is -0.454 e. The number of nitrogens with zero attached hydrogens (tertiary/aromatic N) is 4. The number of ether oxygens (including phenoxy) is 2. The maximum atomic E-state index is 12.6. The van der Waals surface area contributed by atoms with Gasteiger partial charge >= 0.3 is 6.03 Å². The predicted molar refractivity (Wildman–Crippen MR) is 96.9 cm³/mol. The summed E-state index contributed by atoms with van der Waals surface area (Å²) in [4.78, 5) is 32.1. The lowest BCUT2D eigenvalue weighted by molar-refractivity contribution is -0.121. The molecule has 1 aromatic carbocycles. The number of rotatable bonds is 6. The maximum absolute atomic E-state index is 12.6. The second kappa shape index (κ2) is 7.18. The predicted octanol–water partition coefficient (Wildman–Crippen LogP) is 0.979. The average Bonchev–Trinajstić information content (AvgIpc) is 3.36. The molecule has 2 aliphatic rings. The summed E-state index contributed by atoms with van der Waals surface area (Å²) in [5, 5.41) is 2.85. The number of aromatic nitrogens is 2. The Hall–Kier alpha value is -3.23. The lowest BCUT2D eigenvalue weighted by Gasteiger charge is -2.18. The van der Waals surface area contributed by atoms with Gasteiger partial charge in [-0.05, 0) is 19.1 Å². The average molecular weight is 371 g/mol. The van der Waals surface area contributed by atoms with Crippen LogP contribution in [0.5, 0.6) is 11.5 Å². The van der Waals surface area contributed by atoms with Crippen molar-refractivity contribution in [2.45, 2.75) is 13.5 Å². The number of hydrogen-bond acceptors (Lipinski definition) is 5. The lowest BCUT2D eigenvalue weighted by Crippen LogP contribution is -2.40. The minimum atomic E-state index is -0.186. The van der Waals surface area contributed by atoms with Crippen molar-refractivity contribution in [2.75, 3.05) is 37.9 Å². The molecule has 1 N–H and O–H groups in total. The topological polar surface area (TPSA) is 88.9 Å². The van der Waals surface area contributed by atoms with E-state index in [0.29, 0.717) is 37.7 Å². The molecule has 3 amide bonds. The molecule has 142 valence electrons. The number of carbonyl (C=O) groups excluding carboxylic acids is 2. The van der Waals surface area contributed by atoms with Gasteiger partial charge in [0.2, 0.25) is 12.7 Å². The van der Waals surface area contributed by atoms with E-state index in [1.54, 1.807) is 28.1 Å². The summed E-state index contributed by atoms with van der Waals surface area (Å²) >= 11 is 0. The van der Waals surface area contributed by atoms with E-state index < -0.39 is 0 Å². The van der Waals surface area contributed by atoms with E-state index in [-0.39, 0.29) is 25.3 Å². The first kappa shape index (κ1) is 17.2. The molecule has 0 unspecified atom stereocenters. The second-order valence-corrected chi connectivity index (χ2v) is 6.41. The molecule has 0 atom stereocenters. The Balaban J connectivity index is 1.29. The van der Waals surface area contributed by atoms with Crippen LogP contribution in [-0.4, -0.2) is 59.4 Å². The monoisotopic (exact) mass is 371 g/mol. The van der Waals surface area contributed by atoms with Gasteiger partial charge in [0.15, 0.2) is 11.5 Å². The molecule has 0 bridgehead atoms. The number of benzene rings is 1. The van der Waals surface area contributed by atoms with Gasteiger partial charge in [0.1, 0.15) is 12.4 Å². The number of nitrogens with one attached hydrogen (secondary N) is 1. The molecule has 4 rings (SSSR count). The Morgan fingerprint density at radius 1 is 1.26 bits per heavy atom. The summed E-state index contributed by atoms with van der Waals surface area (Å²) in [6.07, 6.45) is 3.60. The van der Waals surface area contributed by atoms with Crippen molar-refractivity contribution in [3.63, 3.8) is 0 Å². The molecule has 2 aromatic rings. The molecule has 27 heavy (non-hydrogen) atoms. The number of fused-ring (bicyclic) bond motifs is 1. The number of aryl methyl sites for hydroxylation is 1. The third kappa shape index (κ3) is 3.53. The Bertz CT molecular complexity index is 865. The fourth-order valence-electron chi connectivity index (χ4n) is 3.21. The van der Waals surface area contributed by atoms with Crippen molar-refractivity contribution in [2.24, 2.45) is 0 Å². The zero-order valence-electron chi connectivity index (χ0n) is 15.1. The fourth-order valence-corrected chi connectivity index (χ4v) is 3.21. The fraction of sp³-hybridized carbons (Fsp3) is 0.389. The van der Waals surface area contributed by atoms with E-state index in [2.05, 4.69) is 10.3 Å². The minimum absolute atomic E-state index is 0.0444. The lowest BCUT2D eigenvalue weighted by atomic mass is 10.2. The molecule has 2 aliphatic heterocycles. The Kier molecular flexibility index (Phi) is 4.57. The molecule has 1 saturated heterocycles. The van der Waals surface area contributed by atoms with Crippen LogP contribution in [0.1, 0.15) is 5.82 Å². The standard InChI is InChI=1S/C18H21N5O4/c1-13-19-4-6-21(13)7-5-20-17(24)11-22-8-9-23(18(22)25)14-2-3-15-16(10-14)27-12-26-15/h2-4,6,10H,5,7-9,11-12H2,1H3,(H,20,24). The van der Waals surface area contributed by atoms with Gasteiger partial charge in [-0.1, -0.05) is 0 Å². The van der Waals surface area contributed by atoms with Gasteiger partial charge in [0.25, 0.3) is 0 Å². The van der Waals surface area contributed by atoms with Gasteiger partial charge < -0.3 is 24.3 Å². The van der Waals surface area contributed by atoms with Gasteiger partial charge in [0, 0.05) is 50.3 Å². The maximum Gasteiger partial charge on any atom is 0.325 e. The van der Waals surface area contributed by atoms with Crippen LogP contribution < -0.4 is 19.7 Å². The zero-order valence-corrected chi connectivity index (χ0v) is 15.1. The first-order valence-electron chi connectivity index (χ1n) is 8.82. The summed E-state index contributed by atoms with van der Waals surface area (Å²) in [7, 11) is 0. The van der Waals surface area contributed by atoms with Crippen LogP contribution in [0.4, 0.5) is 10.5 Å². The highest BCUT2D eigenvalue weighted by Gasteiger charge is 2.31. The normalized spacial score (nSPS) is 15.5. The second-order valence-electron chi connectivity index (χ2n) is 6.41. The van der Waals surface area contributed by atoms with Gasteiger partial charge in [-0.25, -0.2) is 9.78 Å². The Labute approximate surface area is 156 Å². The smallest absolute Gasteiger partial charge is 0.325 e. The van der Waals surface area contributed by atoms with Crippen LogP contribution in [0.15, 0.2) is 30.6 Å². The van der Waals surface area contributed by atoms with Gasteiger partial charge in [-0.3, -0.25) is 9.69 Å². The number of imidazole rings is 1. The molecule has 9 heteroatoms. The van der Waals surface area contributed by atoms with E-state index in [0.717, 1.165) is 11.5 Å². The summed E-state index contributed by atoms with van der Waals surface area (Å²) in [6, 6.07) is 5.22. The molecule has 1 fully saturated rings. The van der Waals surface area contributed by atoms with Gasteiger partial charge in [-0.2, -0.15) is 0 Å². The van der Waals surface area contributed by atoms with E-state index in [1.165, 1.54) is 0 Å². The molecule has 0 spiro atoms. The van der Waals surface area contributed by atoms with Crippen molar-refractivity contribution in [1.29, 1.82) is 0 Å². The van der Waals surface area contributed by atoms with Crippen molar-refractivity contribution < 1.29 is 19.1 Å². The quantitative estimate of drug-likeness (QED) is 0.818. The highest BCUT2D eigenvalue weighted by molar-refractivity contribution is 5.96. The first-order valence-corrected chi connectivity index (χ1v) is 8.82. The molecule has 9 nitrogen and oxygen atoms in total. The summed E-state index contributed by atoms with van der Waals surface area (Å²) in [5.74, 6) is 2.04. The third-order valence-corrected chi connectivity index (χ3v) is 4.70. The highest BCUT2D eigenvalue weighted by atomic mass is 16.7. The van der Waals surface area contributed by atoms with E-state index in [1.807, 2.05) is 23.8 Å². The van der Waals surface area contributed by atoms with Crippen LogP contribution in [0.3, 0.4) is 0 Å². The summed E-state index contributed by atoms with van der Waals surface area (Å²) in [6.45, 7) is 4.32. The van der Waals surface area contributed by atoms with Crippen LogP contribution in [0, 0.1) is 6.92 Å². The van der Waals surface area contributed by atoms with Crippen molar-refractivity contribution >= 4 is 17.6 Å². The van der Waals surface area contributed by atoms with Gasteiger partial charge in [-0.15, -0.1) is 0 Å². The number of carbonyl (C=O) groups is 2. The number of urea groups is 1. The first-order chi connectivity index (χ1) is 13.1. The molecule has 0 aliphatic carbocycles. The third-order valence-electron chi connectivity index (χ3n) is 4.70. The van der Waals surface area contributed by atoms with Crippen molar-refractivity contribution in [1.82, 2.24) is 19.8 Å². The van der Waals surface area contributed by atoms with E-state index in [4.69, 9.17) is 9.47 Å². The largest absolute Gasteiger partial charge is 0.454 e. The van der Waals surface area contributed by atoms with Crippen LogP contribution in [0.2, 0.25) is 0 Å². The molecular weight excluding hydrogens is 350 g/mol. The van der Waals surface area contributed by atoms with Gasteiger partial charge in [0.05, 0.1) is 0 Å². The molecular formula is C18H21N5O4. The van der Waals surface area contributed by atoms with Crippen molar-refractivity contribution in [3.05, 3.63) is 36.4 Å². The summed E-state index contributed by atoms with van der Waals surface area (Å²) < 4.78 is 12.6. The molecule has 0 radical (unpaired) electrons. The number of amides is 3. The van der Waals surface area contributed by atoms with Crippen molar-refractivity contribution in [3.8, 4) is 11.5 Å². The molecule has 3 heterocycles. The van der Waals surface area contributed by atoms with E-state index >= 15 is 0 Å². The summed E-state index contributed by atoms with van der Waals surface area (Å²) in [5.41, 5.74) is 0.739. The highest BCUT2D eigenvalue weighted by Crippen LogP contribution is 2.36. The van der Waals surface area contributed by atoms with Crippen LogP contribution >= 0.6 is 0 Å². The Morgan fingerprint density at radius 3 is 2.93 bits per heavy atom. The number of hydrogen-bond donors (Lipinski definition) is 1. The van der Waals surface area contributed by atoms with E-state index in [9.17, 15) is 9.59 Å². The van der Waals surface area contributed by atoms with Crippen LogP contribution in [0.25, 0.3) is 0 Å². The molecule has 1 aromatic heterocycles. The number of anilines is 1. The molecule has 0 saturated carbocycles.